The molecule has 2 nitrogen and oxygen atoms in total. The van der Waals surface area contributed by atoms with Crippen molar-refractivity contribution in [3.05, 3.63) is 29.3 Å². The molecule has 0 aromatic heterocycles. The smallest absolute Gasteiger partial charge is 0.123 e. The summed E-state index contributed by atoms with van der Waals surface area (Å²) in [4.78, 5) is 0. The van der Waals surface area contributed by atoms with Crippen LogP contribution in [0.1, 0.15) is 59.1 Å². The summed E-state index contributed by atoms with van der Waals surface area (Å²) in [6.07, 6.45) is 1.15. The molecule has 0 radical (unpaired) electrons. The Kier molecular flexibility index (Phi) is 5.64. The summed E-state index contributed by atoms with van der Waals surface area (Å²) in [6, 6.07) is 6.53. The lowest BCUT2D eigenvalue weighted by Crippen LogP contribution is -2.40. The second-order valence-electron chi connectivity index (χ2n) is 7.27. The average molecular weight is 277 g/mol. The van der Waals surface area contributed by atoms with Gasteiger partial charge in [-0.2, -0.15) is 0 Å². The Hall–Kier alpha value is -1.02. The molecule has 0 saturated heterocycles. The third-order valence-electron chi connectivity index (χ3n) is 3.40. The first-order valence-corrected chi connectivity index (χ1v) is 7.66. The Morgan fingerprint density at radius 2 is 1.75 bits per heavy atom. The minimum Gasteiger partial charge on any atom is -0.486 e. The number of rotatable bonds is 6. The molecule has 0 atom stereocenters. The number of benzene rings is 1. The SMILES string of the molecule is CCCNCC(C)(C)Oc1ccc(C(C)(C)C)cc1C. The van der Waals surface area contributed by atoms with Crippen molar-refractivity contribution in [3.8, 4) is 5.75 Å². The molecule has 0 aliphatic heterocycles. The summed E-state index contributed by atoms with van der Waals surface area (Å²) >= 11 is 0. The van der Waals surface area contributed by atoms with E-state index in [1.807, 2.05) is 0 Å². The van der Waals surface area contributed by atoms with E-state index in [-0.39, 0.29) is 11.0 Å². The number of hydrogen-bond acceptors (Lipinski definition) is 2. The van der Waals surface area contributed by atoms with Gasteiger partial charge in [-0.3, -0.25) is 0 Å². The Bertz CT molecular complexity index is 430. The van der Waals surface area contributed by atoms with E-state index in [0.717, 1.165) is 25.3 Å². The lowest BCUT2D eigenvalue weighted by molar-refractivity contribution is 0.107. The molecule has 0 spiro atoms. The molecule has 20 heavy (non-hydrogen) atoms. The molecule has 0 fully saturated rings. The van der Waals surface area contributed by atoms with Crippen LogP contribution in [0.3, 0.4) is 0 Å². The van der Waals surface area contributed by atoms with Gasteiger partial charge in [-0.1, -0.05) is 39.8 Å². The van der Waals surface area contributed by atoms with Crippen molar-refractivity contribution in [2.45, 2.75) is 65.9 Å². The molecule has 0 unspecified atom stereocenters. The van der Waals surface area contributed by atoms with Crippen molar-refractivity contribution < 1.29 is 4.74 Å². The van der Waals surface area contributed by atoms with Gasteiger partial charge in [0.1, 0.15) is 11.4 Å². The first-order chi connectivity index (χ1) is 9.15. The fourth-order valence-corrected chi connectivity index (χ4v) is 2.13. The first-order valence-electron chi connectivity index (χ1n) is 7.66. The van der Waals surface area contributed by atoms with E-state index in [0.29, 0.717) is 0 Å². The van der Waals surface area contributed by atoms with Crippen LogP contribution in [0.15, 0.2) is 18.2 Å². The molecular formula is C18H31NO. The second-order valence-corrected chi connectivity index (χ2v) is 7.27. The van der Waals surface area contributed by atoms with E-state index in [2.05, 4.69) is 72.0 Å². The fourth-order valence-electron chi connectivity index (χ4n) is 2.13. The number of ether oxygens (including phenoxy) is 1. The molecule has 1 N–H and O–H groups in total. The summed E-state index contributed by atoms with van der Waals surface area (Å²) in [7, 11) is 0. The Labute approximate surface area is 124 Å². The third kappa shape index (κ3) is 5.16. The van der Waals surface area contributed by atoms with Crippen LogP contribution in [0, 0.1) is 6.92 Å². The van der Waals surface area contributed by atoms with Crippen molar-refractivity contribution in [2.24, 2.45) is 0 Å². The number of nitrogens with one attached hydrogen (secondary N) is 1. The molecule has 1 aromatic rings. The zero-order valence-electron chi connectivity index (χ0n) is 14.3. The van der Waals surface area contributed by atoms with Crippen molar-refractivity contribution in [1.29, 1.82) is 0 Å². The molecule has 1 aromatic carbocycles. The van der Waals surface area contributed by atoms with Gasteiger partial charge >= 0.3 is 0 Å². The second kappa shape index (κ2) is 6.62. The van der Waals surface area contributed by atoms with Gasteiger partial charge in [-0.15, -0.1) is 0 Å². The number of aryl methyl sites for hydroxylation is 1. The minimum atomic E-state index is -0.191. The highest BCUT2D eigenvalue weighted by atomic mass is 16.5. The molecule has 0 heterocycles. The molecule has 0 amide bonds. The van der Waals surface area contributed by atoms with Gasteiger partial charge in [0.2, 0.25) is 0 Å². The molecule has 0 saturated carbocycles. The van der Waals surface area contributed by atoms with Crippen LogP contribution in [-0.4, -0.2) is 18.7 Å². The maximum atomic E-state index is 6.18. The first kappa shape index (κ1) is 17.0. The molecule has 114 valence electrons. The van der Waals surface area contributed by atoms with E-state index in [4.69, 9.17) is 4.74 Å². The van der Waals surface area contributed by atoms with Crippen molar-refractivity contribution in [3.63, 3.8) is 0 Å². The predicted octanol–water partition coefficient (Wildman–Crippen LogP) is 4.45. The lowest BCUT2D eigenvalue weighted by atomic mass is 9.86. The Morgan fingerprint density at radius 1 is 1.10 bits per heavy atom. The van der Waals surface area contributed by atoms with Gasteiger partial charge in [0, 0.05) is 6.54 Å². The zero-order valence-corrected chi connectivity index (χ0v) is 14.3. The van der Waals surface area contributed by atoms with Crippen LogP contribution >= 0.6 is 0 Å². The maximum absolute atomic E-state index is 6.18. The molecule has 0 bridgehead atoms. The summed E-state index contributed by atoms with van der Waals surface area (Å²) in [5.41, 5.74) is 2.55. The standard InChI is InChI=1S/C18H31NO/c1-8-11-19-13-18(6,7)20-16-10-9-15(12-14(16)2)17(3,4)5/h9-10,12,19H,8,11,13H2,1-7H3. The van der Waals surface area contributed by atoms with Crippen LogP contribution in [0.5, 0.6) is 5.75 Å². The maximum Gasteiger partial charge on any atom is 0.123 e. The van der Waals surface area contributed by atoms with Crippen molar-refractivity contribution in [2.75, 3.05) is 13.1 Å². The minimum absolute atomic E-state index is 0.182. The van der Waals surface area contributed by atoms with Gasteiger partial charge in [0.05, 0.1) is 0 Å². The third-order valence-corrected chi connectivity index (χ3v) is 3.40. The van der Waals surface area contributed by atoms with Crippen LogP contribution < -0.4 is 10.1 Å². The molecule has 0 aliphatic rings. The molecule has 2 heteroatoms. The molecule has 1 rings (SSSR count). The highest BCUT2D eigenvalue weighted by Gasteiger charge is 2.21. The Balaban J connectivity index is 2.78. The van der Waals surface area contributed by atoms with Crippen LogP contribution in [0.25, 0.3) is 0 Å². The highest BCUT2D eigenvalue weighted by Crippen LogP contribution is 2.29. The predicted molar refractivity (Wildman–Crippen MR) is 87.7 cm³/mol. The van der Waals surface area contributed by atoms with Crippen molar-refractivity contribution >= 4 is 0 Å². The van der Waals surface area contributed by atoms with Crippen LogP contribution in [-0.2, 0) is 5.41 Å². The van der Waals surface area contributed by atoms with E-state index >= 15 is 0 Å². The van der Waals surface area contributed by atoms with Gasteiger partial charge in [0.25, 0.3) is 0 Å². The van der Waals surface area contributed by atoms with Gasteiger partial charge in [-0.05, 0) is 56.3 Å². The van der Waals surface area contributed by atoms with Gasteiger partial charge in [0.15, 0.2) is 0 Å². The number of hydrogen-bond donors (Lipinski definition) is 1. The molecular weight excluding hydrogens is 246 g/mol. The van der Waals surface area contributed by atoms with E-state index < -0.39 is 0 Å². The molecule has 0 aliphatic carbocycles. The quantitative estimate of drug-likeness (QED) is 0.776. The largest absolute Gasteiger partial charge is 0.486 e. The topological polar surface area (TPSA) is 21.3 Å². The summed E-state index contributed by atoms with van der Waals surface area (Å²) < 4.78 is 6.18. The van der Waals surface area contributed by atoms with Gasteiger partial charge < -0.3 is 10.1 Å². The van der Waals surface area contributed by atoms with E-state index in [1.165, 1.54) is 11.1 Å². The Morgan fingerprint density at radius 3 is 2.25 bits per heavy atom. The van der Waals surface area contributed by atoms with E-state index in [9.17, 15) is 0 Å². The fraction of sp³-hybridized carbons (Fsp3) is 0.667. The monoisotopic (exact) mass is 277 g/mol. The normalized spacial score (nSPS) is 12.6. The summed E-state index contributed by atoms with van der Waals surface area (Å²) in [6.45, 7) is 17.2. The highest BCUT2D eigenvalue weighted by molar-refractivity contribution is 5.39. The van der Waals surface area contributed by atoms with E-state index in [1.54, 1.807) is 0 Å². The lowest BCUT2D eigenvalue weighted by Gasteiger charge is -2.28. The van der Waals surface area contributed by atoms with Crippen LogP contribution in [0.4, 0.5) is 0 Å². The van der Waals surface area contributed by atoms with Crippen LogP contribution in [0.2, 0.25) is 0 Å². The zero-order chi connectivity index (χ0) is 15.4. The average Bonchev–Trinajstić information content (AvgIpc) is 2.30. The van der Waals surface area contributed by atoms with Gasteiger partial charge in [-0.25, -0.2) is 0 Å². The summed E-state index contributed by atoms with van der Waals surface area (Å²) in [5, 5.41) is 3.43. The van der Waals surface area contributed by atoms with Crippen molar-refractivity contribution in [1.82, 2.24) is 5.32 Å². The summed E-state index contributed by atoms with van der Waals surface area (Å²) in [5.74, 6) is 0.987.